The maximum atomic E-state index is 12.3. The molecule has 0 bridgehead atoms. The molecule has 0 aromatic carbocycles. The molecule has 2 heterocycles. The van der Waals surface area contributed by atoms with Gasteiger partial charge in [0.1, 0.15) is 5.76 Å². The molecule has 0 unspecified atom stereocenters. The zero-order valence-corrected chi connectivity index (χ0v) is 14.5. The molecule has 1 N–H and O–H groups in total. The van der Waals surface area contributed by atoms with Gasteiger partial charge in [0, 0.05) is 49.6 Å². The van der Waals surface area contributed by atoms with E-state index in [-0.39, 0.29) is 11.8 Å². The Morgan fingerprint density at radius 1 is 1.24 bits per heavy atom. The number of hydrogen-bond donors (Lipinski definition) is 1. The summed E-state index contributed by atoms with van der Waals surface area (Å²) in [5.74, 6) is 0.621. The van der Waals surface area contributed by atoms with Crippen molar-refractivity contribution < 1.29 is 14.0 Å². The summed E-state index contributed by atoms with van der Waals surface area (Å²) >= 11 is 0. The van der Waals surface area contributed by atoms with Crippen LogP contribution < -0.4 is 5.43 Å². The largest absolute Gasteiger partial charge is 0.455 e. The Bertz CT molecular complexity index is 838. The first-order valence-electron chi connectivity index (χ1n) is 8.10. The van der Waals surface area contributed by atoms with Crippen LogP contribution in [-0.4, -0.2) is 41.5 Å². The van der Waals surface area contributed by atoms with Crippen molar-refractivity contribution in [3.05, 3.63) is 52.7 Å². The monoisotopic (exact) mass is 340 g/mol. The van der Waals surface area contributed by atoms with Crippen molar-refractivity contribution >= 4 is 17.5 Å². The second kappa shape index (κ2) is 6.88. The fraction of sp³-hybridized carbons (Fsp3) is 0.333. The summed E-state index contributed by atoms with van der Waals surface area (Å²) in [6, 6.07) is 3.25. The van der Waals surface area contributed by atoms with E-state index in [2.05, 4.69) is 15.5 Å². The number of aromatic nitrogens is 1. The van der Waals surface area contributed by atoms with E-state index in [1.165, 1.54) is 4.90 Å². The van der Waals surface area contributed by atoms with Crippen LogP contribution in [0.3, 0.4) is 0 Å². The average Bonchev–Trinajstić information content (AvgIpc) is 2.97. The van der Waals surface area contributed by atoms with Crippen molar-refractivity contribution in [1.82, 2.24) is 15.3 Å². The highest BCUT2D eigenvalue weighted by atomic mass is 16.4. The summed E-state index contributed by atoms with van der Waals surface area (Å²) in [4.78, 5) is 29.8. The molecule has 1 aliphatic rings. The Labute approximate surface area is 145 Å². The zero-order chi connectivity index (χ0) is 18.0. The van der Waals surface area contributed by atoms with E-state index >= 15 is 0 Å². The van der Waals surface area contributed by atoms with Crippen LogP contribution in [0.15, 0.2) is 34.0 Å². The summed E-state index contributed by atoms with van der Waals surface area (Å²) in [7, 11) is 3.38. The second-order valence-corrected chi connectivity index (χ2v) is 6.14. The quantitative estimate of drug-likeness (QED) is 0.867. The molecule has 25 heavy (non-hydrogen) atoms. The van der Waals surface area contributed by atoms with E-state index in [1.54, 1.807) is 38.6 Å². The van der Waals surface area contributed by atoms with Gasteiger partial charge in [-0.25, -0.2) is 5.43 Å². The highest BCUT2D eigenvalue weighted by Crippen LogP contribution is 2.30. The Balaban J connectivity index is 1.89. The van der Waals surface area contributed by atoms with Gasteiger partial charge in [0.2, 0.25) is 0 Å². The fourth-order valence-corrected chi connectivity index (χ4v) is 2.87. The molecule has 7 nitrogen and oxygen atoms in total. The SMILES string of the molecule is Cc1c(C(=O)N(C)C)oc2c1/C(=N/NC(=O)c1ccncc1)CCC2. The molecule has 1 aliphatic carbocycles. The lowest BCUT2D eigenvalue weighted by atomic mass is 9.93. The lowest BCUT2D eigenvalue weighted by Gasteiger charge is -2.13. The van der Waals surface area contributed by atoms with E-state index < -0.39 is 0 Å². The molecule has 0 atom stereocenters. The van der Waals surface area contributed by atoms with Gasteiger partial charge in [0.05, 0.1) is 5.71 Å². The predicted octanol–water partition coefficient (Wildman–Crippen LogP) is 2.16. The molecular formula is C18H20N4O3. The zero-order valence-electron chi connectivity index (χ0n) is 14.5. The van der Waals surface area contributed by atoms with E-state index in [0.717, 1.165) is 41.9 Å². The van der Waals surface area contributed by atoms with E-state index in [0.29, 0.717) is 11.3 Å². The van der Waals surface area contributed by atoms with Crippen LogP contribution in [0.2, 0.25) is 0 Å². The van der Waals surface area contributed by atoms with Crippen molar-refractivity contribution in [2.75, 3.05) is 14.1 Å². The maximum absolute atomic E-state index is 12.3. The molecule has 130 valence electrons. The first-order valence-corrected chi connectivity index (χ1v) is 8.10. The Kier molecular flexibility index (Phi) is 4.65. The number of carbonyl (C=O) groups is 2. The van der Waals surface area contributed by atoms with Crippen molar-refractivity contribution in [1.29, 1.82) is 0 Å². The van der Waals surface area contributed by atoms with Gasteiger partial charge < -0.3 is 9.32 Å². The van der Waals surface area contributed by atoms with Gasteiger partial charge in [-0.1, -0.05) is 0 Å². The molecule has 2 aromatic rings. The number of nitrogens with zero attached hydrogens (tertiary/aromatic N) is 3. The van der Waals surface area contributed by atoms with Crippen molar-refractivity contribution in [3.63, 3.8) is 0 Å². The molecule has 0 aliphatic heterocycles. The number of furan rings is 1. The van der Waals surface area contributed by atoms with Crippen LogP contribution in [0, 0.1) is 6.92 Å². The smallest absolute Gasteiger partial charge is 0.289 e. The van der Waals surface area contributed by atoms with Gasteiger partial charge in [-0.15, -0.1) is 0 Å². The molecule has 0 fully saturated rings. The summed E-state index contributed by atoms with van der Waals surface area (Å²) in [5.41, 5.74) is 5.42. The number of rotatable bonds is 3. The highest BCUT2D eigenvalue weighted by Gasteiger charge is 2.28. The van der Waals surface area contributed by atoms with Gasteiger partial charge in [-0.05, 0) is 31.9 Å². The summed E-state index contributed by atoms with van der Waals surface area (Å²) in [5, 5.41) is 4.29. The molecule has 7 heteroatoms. The van der Waals surface area contributed by atoms with Crippen LogP contribution in [0.4, 0.5) is 0 Å². The number of carbonyl (C=O) groups excluding carboxylic acids is 2. The standard InChI is InChI=1S/C18H20N4O3/c1-11-15-13(20-21-17(23)12-7-9-19-10-8-12)5-4-6-14(15)25-16(11)18(24)22(2)3/h7-10H,4-6H2,1-3H3,(H,21,23)/b20-13+. The van der Waals surface area contributed by atoms with Crippen LogP contribution in [0.5, 0.6) is 0 Å². The number of hydrogen-bond acceptors (Lipinski definition) is 5. The number of fused-ring (bicyclic) bond motifs is 1. The van der Waals surface area contributed by atoms with E-state index in [1.807, 2.05) is 6.92 Å². The molecule has 3 rings (SSSR count). The molecular weight excluding hydrogens is 320 g/mol. The number of pyridine rings is 1. The van der Waals surface area contributed by atoms with Crippen molar-refractivity contribution in [2.24, 2.45) is 5.10 Å². The number of amides is 2. The molecule has 2 amide bonds. The van der Waals surface area contributed by atoms with Crippen molar-refractivity contribution in [2.45, 2.75) is 26.2 Å². The molecule has 0 saturated heterocycles. The normalized spacial score (nSPS) is 14.9. The third kappa shape index (κ3) is 3.31. The summed E-state index contributed by atoms with van der Waals surface area (Å²) in [6.45, 7) is 1.85. The first kappa shape index (κ1) is 16.9. The lowest BCUT2D eigenvalue weighted by Crippen LogP contribution is -2.23. The van der Waals surface area contributed by atoms with Crippen LogP contribution in [0.25, 0.3) is 0 Å². The first-order chi connectivity index (χ1) is 12.0. The Morgan fingerprint density at radius 3 is 2.64 bits per heavy atom. The van der Waals surface area contributed by atoms with Crippen LogP contribution in [-0.2, 0) is 6.42 Å². The van der Waals surface area contributed by atoms with Crippen LogP contribution in [0.1, 0.15) is 50.6 Å². The van der Waals surface area contributed by atoms with Crippen LogP contribution >= 0.6 is 0 Å². The minimum atomic E-state index is -0.298. The molecule has 2 aromatic heterocycles. The Morgan fingerprint density at radius 2 is 1.96 bits per heavy atom. The topological polar surface area (TPSA) is 87.8 Å². The third-order valence-corrected chi connectivity index (χ3v) is 4.16. The van der Waals surface area contributed by atoms with E-state index in [4.69, 9.17) is 4.42 Å². The van der Waals surface area contributed by atoms with Gasteiger partial charge in [-0.2, -0.15) is 5.10 Å². The second-order valence-electron chi connectivity index (χ2n) is 6.14. The van der Waals surface area contributed by atoms with E-state index in [9.17, 15) is 9.59 Å². The fourth-order valence-electron chi connectivity index (χ4n) is 2.87. The van der Waals surface area contributed by atoms with Gasteiger partial charge >= 0.3 is 0 Å². The number of hydrazone groups is 1. The molecule has 0 radical (unpaired) electrons. The van der Waals surface area contributed by atoms with Gasteiger partial charge in [0.15, 0.2) is 5.76 Å². The lowest BCUT2D eigenvalue weighted by molar-refractivity contribution is 0.0793. The minimum Gasteiger partial charge on any atom is -0.455 e. The molecule has 0 saturated carbocycles. The average molecular weight is 340 g/mol. The summed E-state index contributed by atoms with van der Waals surface area (Å²) < 4.78 is 5.79. The predicted molar refractivity (Wildman–Crippen MR) is 92.6 cm³/mol. The highest BCUT2D eigenvalue weighted by molar-refractivity contribution is 6.07. The number of nitrogens with one attached hydrogen (secondary N) is 1. The van der Waals surface area contributed by atoms with Crippen molar-refractivity contribution in [3.8, 4) is 0 Å². The minimum absolute atomic E-state index is 0.174. The maximum Gasteiger partial charge on any atom is 0.289 e. The van der Waals surface area contributed by atoms with Gasteiger partial charge in [0.25, 0.3) is 11.8 Å². The molecule has 0 spiro atoms. The number of aryl methyl sites for hydroxylation is 1. The third-order valence-electron chi connectivity index (χ3n) is 4.16. The Hall–Kier alpha value is -2.96. The van der Waals surface area contributed by atoms with Gasteiger partial charge in [-0.3, -0.25) is 14.6 Å². The summed E-state index contributed by atoms with van der Waals surface area (Å²) in [6.07, 6.45) is 5.45.